The summed E-state index contributed by atoms with van der Waals surface area (Å²) in [6.45, 7) is 0.254. The lowest BCUT2D eigenvalue weighted by atomic mass is 10.2. The maximum atomic E-state index is 11.5. The van der Waals surface area contributed by atoms with E-state index >= 15 is 0 Å². The quantitative estimate of drug-likeness (QED) is 0.495. The van der Waals surface area contributed by atoms with Crippen molar-refractivity contribution in [3.05, 3.63) is 64.8 Å². The second kappa shape index (κ2) is 8.24. The van der Waals surface area contributed by atoms with Gasteiger partial charge in [-0.25, -0.2) is 14.8 Å². The first-order valence-electron chi connectivity index (χ1n) is 8.72. The summed E-state index contributed by atoms with van der Waals surface area (Å²) in [6, 6.07) is 10.4. The van der Waals surface area contributed by atoms with Crippen LogP contribution in [0.5, 0.6) is 5.75 Å². The van der Waals surface area contributed by atoms with E-state index in [0.717, 1.165) is 29.5 Å². The number of carbonyl (C=O) groups excluding carboxylic acids is 1. The zero-order valence-corrected chi connectivity index (χ0v) is 16.6. The zero-order valence-electron chi connectivity index (χ0n) is 15.1. The third-order valence-electron chi connectivity index (χ3n) is 4.15. The number of carbonyl (C=O) groups is 1. The summed E-state index contributed by atoms with van der Waals surface area (Å²) in [6.07, 6.45) is 3.79. The summed E-state index contributed by atoms with van der Waals surface area (Å²) >= 11 is 7.29. The number of halogens is 1. The maximum Gasteiger partial charge on any atom is 0.337 e. The van der Waals surface area contributed by atoms with Crippen molar-refractivity contribution in [3.8, 4) is 5.75 Å². The largest absolute Gasteiger partial charge is 0.487 e. The molecule has 28 heavy (non-hydrogen) atoms. The summed E-state index contributed by atoms with van der Waals surface area (Å²) in [5.41, 5.74) is 1.19. The second-order valence-electron chi connectivity index (χ2n) is 6.28. The Balaban J connectivity index is 1.48. The van der Waals surface area contributed by atoms with Gasteiger partial charge in [-0.3, -0.25) is 0 Å². The maximum absolute atomic E-state index is 11.5. The third-order valence-corrected chi connectivity index (χ3v) is 5.33. The molecule has 1 fully saturated rings. The Hall–Kier alpha value is -2.51. The van der Waals surface area contributed by atoms with Crippen LogP contribution in [0.25, 0.3) is 0 Å². The van der Waals surface area contributed by atoms with E-state index in [1.54, 1.807) is 36.5 Å². The van der Waals surface area contributed by atoms with Crippen LogP contribution in [-0.2, 0) is 11.3 Å². The standard InChI is InChI=1S/C20H17ClN2O4S/c1-25-19(24)13-4-7-15(8-5-13)26-11-16-20(27-18(23-16)12-2-3-12)28-17-9-6-14(21)10-22-17/h4-10,12H,2-3,11H2,1H3. The van der Waals surface area contributed by atoms with Gasteiger partial charge in [0.25, 0.3) is 0 Å². The third kappa shape index (κ3) is 4.48. The minimum absolute atomic E-state index is 0.254. The molecule has 1 saturated carbocycles. The molecule has 8 heteroatoms. The summed E-state index contributed by atoms with van der Waals surface area (Å²) in [7, 11) is 1.35. The molecule has 0 radical (unpaired) electrons. The van der Waals surface area contributed by atoms with Crippen LogP contribution in [0.4, 0.5) is 0 Å². The number of benzene rings is 1. The van der Waals surface area contributed by atoms with Gasteiger partial charge in [0.05, 0.1) is 17.7 Å². The van der Waals surface area contributed by atoms with E-state index in [4.69, 9.17) is 25.5 Å². The van der Waals surface area contributed by atoms with Crippen molar-refractivity contribution >= 4 is 29.3 Å². The number of pyridine rings is 1. The van der Waals surface area contributed by atoms with Crippen LogP contribution in [0, 0.1) is 0 Å². The van der Waals surface area contributed by atoms with Gasteiger partial charge in [0.15, 0.2) is 11.0 Å². The first kappa shape index (κ1) is 18.8. The van der Waals surface area contributed by atoms with Gasteiger partial charge < -0.3 is 13.9 Å². The molecule has 0 N–H and O–H groups in total. The van der Waals surface area contributed by atoms with Gasteiger partial charge in [-0.2, -0.15) is 0 Å². The molecule has 0 unspecified atom stereocenters. The SMILES string of the molecule is COC(=O)c1ccc(OCc2nc(C3CC3)oc2Sc2ccc(Cl)cn2)cc1. The van der Waals surface area contributed by atoms with E-state index in [9.17, 15) is 4.79 Å². The molecule has 2 aromatic heterocycles. The number of esters is 1. The molecule has 2 heterocycles. The predicted molar refractivity (Wildman–Crippen MR) is 104 cm³/mol. The lowest BCUT2D eigenvalue weighted by molar-refractivity contribution is 0.0600. The summed E-state index contributed by atoms with van der Waals surface area (Å²) in [4.78, 5) is 20.4. The summed E-state index contributed by atoms with van der Waals surface area (Å²) in [5.74, 6) is 1.39. The number of hydrogen-bond acceptors (Lipinski definition) is 7. The molecular formula is C20H17ClN2O4S. The molecule has 0 saturated heterocycles. The van der Waals surface area contributed by atoms with Gasteiger partial charge in [-0.1, -0.05) is 11.6 Å². The minimum Gasteiger partial charge on any atom is -0.487 e. The van der Waals surface area contributed by atoms with E-state index in [0.29, 0.717) is 27.3 Å². The van der Waals surface area contributed by atoms with Gasteiger partial charge in [-0.15, -0.1) is 0 Å². The van der Waals surface area contributed by atoms with E-state index < -0.39 is 0 Å². The van der Waals surface area contributed by atoms with E-state index in [1.807, 2.05) is 6.07 Å². The van der Waals surface area contributed by atoms with Crippen LogP contribution in [0.15, 0.2) is 57.1 Å². The summed E-state index contributed by atoms with van der Waals surface area (Å²) in [5, 5.41) is 2.02. The van der Waals surface area contributed by atoms with Crippen molar-refractivity contribution in [1.29, 1.82) is 0 Å². The molecule has 1 aliphatic carbocycles. The van der Waals surface area contributed by atoms with Gasteiger partial charge in [0.2, 0.25) is 0 Å². The Kier molecular flexibility index (Phi) is 5.54. The number of aromatic nitrogens is 2. The van der Waals surface area contributed by atoms with Crippen molar-refractivity contribution in [1.82, 2.24) is 9.97 Å². The molecule has 0 atom stereocenters. The Labute approximate surface area is 171 Å². The number of hydrogen-bond donors (Lipinski definition) is 0. The number of oxazole rings is 1. The lowest BCUT2D eigenvalue weighted by Gasteiger charge is -2.06. The Bertz CT molecular complexity index is 969. The molecule has 0 aliphatic heterocycles. The van der Waals surface area contributed by atoms with E-state index in [2.05, 4.69) is 9.97 Å². The van der Waals surface area contributed by atoms with Crippen LogP contribution in [0.3, 0.4) is 0 Å². The van der Waals surface area contributed by atoms with Gasteiger partial charge in [-0.05, 0) is 61.0 Å². The lowest BCUT2D eigenvalue weighted by Crippen LogP contribution is -2.01. The molecule has 0 spiro atoms. The van der Waals surface area contributed by atoms with Crippen molar-refractivity contribution < 1.29 is 18.7 Å². The highest BCUT2D eigenvalue weighted by Crippen LogP contribution is 2.42. The highest BCUT2D eigenvalue weighted by atomic mass is 35.5. The fourth-order valence-electron chi connectivity index (χ4n) is 2.51. The number of nitrogens with zero attached hydrogens (tertiary/aromatic N) is 2. The van der Waals surface area contributed by atoms with Crippen LogP contribution >= 0.6 is 23.4 Å². The highest BCUT2D eigenvalue weighted by molar-refractivity contribution is 7.99. The molecule has 0 amide bonds. The average Bonchev–Trinajstić information content (AvgIpc) is 3.50. The van der Waals surface area contributed by atoms with Gasteiger partial charge in [0.1, 0.15) is 23.1 Å². The fraction of sp³-hybridized carbons (Fsp3) is 0.250. The first-order chi connectivity index (χ1) is 13.6. The molecule has 3 aromatic rings. The predicted octanol–water partition coefficient (Wildman–Crippen LogP) is 5.12. The smallest absolute Gasteiger partial charge is 0.337 e. The van der Waals surface area contributed by atoms with Crippen molar-refractivity contribution in [2.24, 2.45) is 0 Å². The summed E-state index contributed by atoms with van der Waals surface area (Å²) < 4.78 is 16.5. The van der Waals surface area contributed by atoms with E-state index in [-0.39, 0.29) is 12.6 Å². The van der Waals surface area contributed by atoms with Crippen molar-refractivity contribution in [3.63, 3.8) is 0 Å². The molecular weight excluding hydrogens is 400 g/mol. The minimum atomic E-state index is -0.383. The molecule has 1 aromatic carbocycles. The number of rotatable bonds is 7. The van der Waals surface area contributed by atoms with Crippen molar-refractivity contribution in [2.75, 3.05) is 7.11 Å². The number of methoxy groups -OCH3 is 1. The topological polar surface area (TPSA) is 74.5 Å². The average molecular weight is 417 g/mol. The molecule has 144 valence electrons. The van der Waals surface area contributed by atoms with Crippen LogP contribution in [0.2, 0.25) is 5.02 Å². The molecule has 4 rings (SSSR count). The van der Waals surface area contributed by atoms with Crippen LogP contribution < -0.4 is 4.74 Å². The molecule has 1 aliphatic rings. The Morgan fingerprint density at radius 2 is 2.04 bits per heavy atom. The van der Waals surface area contributed by atoms with Crippen LogP contribution in [-0.4, -0.2) is 23.0 Å². The van der Waals surface area contributed by atoms with Gasteiger partial charge in [0, 0.05) is 12.1 Å². The molecule has 6 nitrogen and oxygen atoms in total. The van der Waals surface area contributed by atoms with Crippen molar-refractivity contribution in [2.45, 2.75) is 35.5 Å². The first-order valence-corrected chi connectivity index (χ1v) is 9.92. The fourth-order valence-corrected chi connectivity index (χ4v) is 3.40. The normalized spacial score (nSPS) is 13.4. The number of ether oxygens (including phenoxy) is 2. The highest BCUT2D eigenvalue weighted by Gasteiger charge is 2.30. The monoisotopic (exact) mass is 416 g/mol. The zero-order chi connectivity index (χ0) is 19.5. The second-order valence-corrected chi connectivity index (χ2v) is 7.71. The Morgan fingerprint density at radius 1 is 1.25 bits per heavy atom. The van der Waals surface area contributed by atoms with Crippen LogP contribution in [0.1, 0.15) is 40.7 Å². The molecule has 0 bridgehead atoms. The Morgan fingerprint density at radius 3 is 2.68 bits per heavy atom. The van der Waals surface area contributed by atoms with Gasteiger partial charge >= 0.3 is 5.97 Å². The van der Waals surface area contributed by atoms with E-state index in [1.165, 1.54) is 18.9 Å².